The van der Waals surface area contributed by atoms with E-state index in [1.807, 2.05) is 24.3 Å². The molecule has 0 saturated carbocycles. The van der Waals surface area contributed by atoms with Gasteiger partial charge in [0.1, 0.15) is 6.04 Å². The molecule has 84 valence electrons. The summed E-state index contributed by atoms with van der Waals surface area (Å²) in [6.07, 6.45) is -0.222. The van der Waals surface area contributed by atoms with Gasteiger partial charge in [-0.25, -0.2) is 0 Å². The molecule has 0 aromatic heterocycles. The van der Waals surface area contributed by atoms with Gasteiger partial charge in [0.2, 0.25) is 5.91 Å². The monoisotopic (exact) mass is 220 g/mol. The van der Waals surface area contributed by atoms with E-state index in [2.05, 4.69) is 10.6 Å². The van der Waals surface area contributed by atoms with Gasteiger partial charge in [0, 0.05) is 12.2 Å². The second kappa shape index (κ2) is 4.22. The topological polar surface area (TPSA) is 78.4 Å². The molecular weight excluding hydrogens is 208 g/mol. The third-order valence-corrected chi connectivity index (χ3v) is 2.50. The summed E-state index contributed by atoms with van der Waals surface area (Å²) in [6.45, 7) is 0.429. The first-order chi connectivity index (χ1) is 7.66. The molecule has 0 bridgehead atoms. The summed E-state index contributed by atoms with van der Waals surface area (Å²) in [5.74, 6) is -1.27. The minimum absolute atomic E-state index is 0.222. The molecule has 2 rings (SSSR count). The quantitative estimate of drug-likeness (QED) is 0.681. The number of hydrogen-bond donors (Lipinski definition) is 3. The maximum atomic E-state index is 11.6. The largest absolute Gasteiger partial charge is 0.481 e. The summed E-state index contributed by atoms with van der Waals surface area (Å²) in [5, 5.41) is 14.3. The number of benzene rings is 1. The lowest BCUT2D eigenvalue weighted by Crippen LogP contribution is -2.38. The van der Waals surface area contributed by atoms with Crippen LogP contribution in [0.2, 0.25) is 0 Å². The average molecular weight is 220 g/mol. The molecule has 5 heteroatoms. The summed E-state index contributed by atoms with van der Waals surface area (Å²) >= 11 is 0. The normalized spacial score (nSPS) is 19.0. The Labute approximate surface area is 92.5 Å². The Kier molecular flexibility index (Phi) is 2.76. The zero-order valence-corrected chi connectivity index (χ0v) is 8.56. The predicted molar refractivity (Wildman–Crippen MR) is 58.0 cm³/mol. The highest BCUT2D eigenvalue weighted by Crippen LogP contribution is 2.19. The molecule has 1 unspecified atom stereocenters. The van der Waals surface area contributed by atoms with Crippen molar-refractivity contribution in [3.05, 3.63) is 29.8 Å². The van der Waals surface area contributed by atoms with Crippen LogP contribution in [0.4, 0.5) is 5.69 Å². The number of carboxylic acid groups (broad SMARTS) is 1. The molecule has 1 atom stereocenters. The van der Waals surface area contributed by atoms with Gasteiger partial charge in [0.15, 0.2) is 0 Å². The predicted octanol–water partition coefficient (Wildman–Crippen LogP) is 0.572. The summed E-state index contributed by atoms with van der Waals surface area (Å²) < 4.78 is 0. The summed E-state index contributed by atoms with van der Waals surface area (Å²) in [7, 11) is 0. The van der Waals surface area contributed by atoms with Crippen LogP contribution in [0.3, 0.4) is 0 Å². The fraction of sp³-hybridized carbons (Fsp3) is 0.273. The number of carbonyl (C=O) groups excluding carboxylic acids is 1. The van der Waals surface area contributed by atoms with Crippen LogP contribution in [-0.2, 0) is 16.1 Å². The van der Waals surface area contributed by atoms with E-state index >= 15 is 0 Å². The van der Waals surface area contributed by atoms with Crippen LogP contribution in [0.5, 0.6) is 0 Å². The van der Waals surface area contributed by atoms with Gasteiger partial charge in [-0.1, -0.05) is 18.2 Å². The van der Waals surface area contributed by atoms with Crippen molar-refractivity contribution in [2.75, 3.05) is 5.32 Å². The van der Waals surface area contributed by atoms with Gasteiger partial charge < -0.3 is 15.7 Å². The number of amides is 1. The van der Waals surface area contributed by atoms with E-state index in [9.17, 15) is 9.59 Å². The Hall–Kier alpha value is -2.04. The first kappa shape index (κ1) is 10.5. The smallest absolute Gasteiger partial charge is 0.305 e. The molecule has 0 fully saturated rings. The van der Waals surface area contributed by atoms with Crippen LogP contribution >= 0.6 is 0 Å². The van der Waals surface area contributed by atoms with Gasteiger partial charge in [0.05, 0.1) is 6.42 Å². The Morgan fingerprint density at radius 2 is 2.19 bits per heavy atom. The number of aliphatic carboxylic acids is 1. The fourth-order valence-corrected chi connectivity index (χ4v) is 1.69. The Morgan fingerprint density at radius 1 is 1.44 bits per heavy atom. The lowest BCUT2D eigenvalue weighted by atomic mass is 10.1. The molecule has 5 nitrogen and oxygen atoms in total. The van der Waals surface area contributed by atoms with Crippen LogP contribution in [0, 0.1) is 0 Å². The van der Waals surface area contributed by atoms with Crippen molar-refractivity contribution in [2.24, 2.45) is 0 Å². The number of carbonyl (C=O) groups is 2. The Bertz CT molecular complexity index is 431. The molecule has 1 aromatic rings. The number of anilines is 1. The minimum Gasteiger partial charge on any atom is -0.481 e. The first-order valence-electron chi connectivity index (χ1n) is 5.01. The molecule has 0 spiro atoms. The van der Waals surface area contributed by atoms with E-state index in [-0.39, 0.29) is 12.3 Å². The number of carboxylic acids is 1. The van der Waals surface area contributed by atoms with Crippen molar-refractivity contribution < 1.29 is 14.7 Å². The van der Waals surface area contributed by atoms with E-state index in [0.717, 1.165) is 11.3 Å². The van der Waals surface area contributed by atoms with Gasteiger partial charge in [-0.2, -0.15) is 0 Å². The van der Waals surface area contributed by atoms with Crippen molar-refractivity contribution in [1.82, 2.24) is 5.32 Å². The van der Waals surface area contributed by atoms with Crippen LogP contribution < -0.4 is 10.6 Å². The zero-order chi connectivity index (χ0) is 11.5. The van der Waals surface area contributed by atoms with Crippen LogP contribution in [0.15, 0.2) is 24.3 Å². The second-order valence-corrected chi connectivity index (χ2v) is 3.67. The van der Waals surface area contributed by atoms with Crippen LogP contribution in [0.25, 0.3) is 0 Å². The van der Waals surface area contributed by atoms with Gasteiger partial charge in [-0.05, 0) is 11.6 Å². The lowest BCUT2D eigenvalue weighted by molar-refractivity contribution is -0.139. The van der Waals surface area contributed by atoms with Gasteiger partial charge in [-0.15, -0.1) is 0 Å². The van der Waals surface area contributed by atoms with E-state index in [1.54, 1.807) is 0 Å². The van der Waals surface area contributed by atoms with Crippen LogP contribution in [-0.4, -0.2) is 23.0 Å². The number of para-hydroxylation sites is 1. The molecule has 1 amide bonds. The van der Waals surface area contributed by atoms with Crippen molar-refractivity contribution >= 4 is 17.6 Å². The van der Waals surface area contributed by atoms with E-state index in [1.165, 1.54) is 0 Å². The summed E-state index contributed by atoms with van der Waals surface area (Å²) in [6, 6.07) is 6.75. The molecule has 1 heterocycles. The van der Waals surface area contributed by atoms with Gasteiger partial charge in [-0.3, -0.25) is 9.59 Å². The highest BCUT2D eigenvalue weighted by atomic mass is 16.4. The number of nitrogens with one attached hydrogen (secondary N) is 2. The third kappa shape index (κ3) is 2.13. The van der Waals surface area contributed by atoms with E-state index in [0.29, 0.717) is 6.54 Å². The highest BCUT2D eigenvalue weighted by Gasteiger charge is 2.24. The van der Waals surface area contributed by atoms with Gasteiger partial charge in [0.25, 0.3) is 0 Å². The van der Waals surface area contributed by atoms with Crippen molar-refractivity contribution in [2.45, 2.75) is 19.0 Å². The Balaban J connectivity index is 2.24. The molecule has 1 aromatic carbocycles. The molecule has 1 aliphatic heterocycles. The van der Waals surface area contributed by atoms with Crippen LogP contribution in [0.1, 0.15) is 12.0 Å². The summed E-state index contributed by atoms with van der Waals surface area (Å²) in [4.78, 5) is 22.2. The minimum atomic E-state index is -0.993. The Morgan fingerprint density at radius 3 is 2.94 bits per heavy atom. The van der Waals surface area contributed by atoms with Crippen molar-refractivity contribution in [3.63, 3.8) is 0 Å². The molecule has 3 N–H and O–H groups in total. The zero-order valence-electron chi connectivity index (χ0n) is 8.56. The maximum absolute atomic E-state index is 11.6. The van der Waals surface area contributed by atoms with E-state index in [4.69, 9.17) is 5.11 Å². The molecule has 0 aliphatic carbocycles. The number of hydrogen-bond acceptors (Lipinski definition) is 3. The summed E-state index contributed by atoms with van der Waals surface area (Å²) in [5.41, 5.74) is 1.77. The van der Waals surface area contributed by atoms with Crippen molar-refractivity contribution in [1.29, 1.82) is 0 Å². The fourth-order valence-electron chi connectivity index (χ4n) is 1.69. The SMILES string of the molecule is O=C(O)CC1Nc2ccccc2CNC1=O. The number of fused-ring (bicyclic) bond motifs is 1. The average Bonchev–Trinajstić information content (AvgIpc) is 2.39. The first-order valence-corrected chi connectivity index (χ1v) is 5.01. The molecular formula is C11H12N2O3. The van der Waals surface area contributed by atoms with E-state index < -0.39 is 12.0 Å². The molecule has 16 heavy (non-hydrogen) atoms. The molecule has 1 aliphatic rings. The lowest BCUT2D eigenvalue weighted by Gasteiger charge is -2.13. The molecule has 0 saturated heterocycles. The standard InChI is InChI=1S/C11H12N2O3/c14-10(15)5-9-11(16)12-6-7-3-1-2-4-8(7)13-9/h1-4,9,13H,5-6H2,(H,12,16)(H,14,15). The van der Waals surface area contributed by atoms with Crippen molar-refractivity contribution in [3.8, 4) is 0 Å². The maximum Gasteiger partial charge on any atom is 0.305 e. The highest BCUT2D eigenvalue weighted by molar-refractivity contribution is 5.89. The van der Waals surface area contributed by atoms with Gasteiger partial charge >= 0.3 is 5.97 Å². The second-order valence-electron chi connectivity index (χ2n) is 3.67. The third-order valence-electron chi connectivity index (χ3n) is 2.50. The number of rotatable bonds is 2. The molecule has 0 radical (unpaired) electrons.